The fourth-order valence-electron chi connectivity index (χ4n) is 1.32. The number of piperidine rings is 1. The van der Waals surface area contributed by atoms with Gasteiger partial charge in [0.15, 0.2) is 0 Å². The van der Waals surface area contributed by atoms with Crippen LogP contribution in [0.1, 0.15) is 19.8 Å². The van der Waals surface area contributed by atoms with Gasteiger partial charge in [-0.15, -0.1) is 12.4 Å². The highest BCUT2D eigenvalue weighted by Crippen LogP contribution is 2.12. The first kappa shape index (κ1) is 10.7. The summed E-state index contributed by atoms with van der Waals surface area (Å²) in [5, 5.41) is 14.9. The fraction of sp³-hybridized carbons (Fsp3) is 0.857. The maximum absolute atomic E-state index is 8.45. The third-order valence-electron chi connectivity index (χ3n) is 2.09. The molecule has 1 aliphatic heterocycles. The second-order valence-corrected chi connectivity index (χ2v) is 2.77. The third kappa shape index (κ3) is 3.08. The average Bonchev–Trinajstić information content (AvgIpc) is 2.05. The van der Waals surface area contributed by atoms with E-state index in [-0.39, 0.29) is 12.4 Å². The summed E-state index contributed by atoms with van der Waals surface area (Å²) in [6, 6.07) is 0. The van der Waals surface area contributed by atoms with E-state index in [1.54, 1.807) is 0 Å². The van der Waals surface area contributed by atoms with Gasteiger partial charge in [-0.05, 0) is 32.9 Å². The Hall–Kier alpha value is -0.280. The van der Waals surface area contributed by atoms with E-state index >= 15 is 0 Å². The zero-order valence-electron chi connectivity index (χ0n) is 6.71. The van der Waals surface area contributed by atoms with E-state index in [0.29, 0.717) is 5.92 Å². The van der Waals surface area contributed by atoms with Crippen molar-refractivity contribution in [1.82, 2.24) is 5.32 Å². The second kappa shape index (κ2) is 5.38. The Labute approximate surface area is 73.3 Å². The molecule has 0 unspecified atom stereocenters. The van der Waals surface area contributed by atoms with Gasteiger partial charge in [0.25, 0.3) is 0 Å². The van der Waals surface area contributed by atoms with Crippen LogP contribution >= 0.6 is 12.4 Å². The summed E-state index contributed by atoms with van der Waals surface area (Å²) >= 11 is 0. The maximum atomic E-state index is 8.45. The fourth-order valence-corrected chi connectivity index (χ4v) is 1.32. The predicted molar refractivity (Wildman–Crippen MR) is 47.7 cm³/mol. The van der Waals surface area contributed by atoms with Crippen molar-refractivity contribution in [3.8, 4) is 0 Å². The Bertz CT molecular complexity index is 132. The molecular weight excluding hydrogens is 164 g/mol. The Morgan fingerprint density at radius 1 is 1.45 bits per heavy atom. The maximum Gasteiger partial charge on any atom is 0.0571 e. The van der Waals surface area contributed by atoms with E-state index in [9.17, 15) is 0 Å². The lowest BCUT2D eigenvalue weighted by molar-refractivity contribution is 0.310. The van der Waals surface area contributed by atoms with Crippen LogP contribution in [-0.2, 0) is 0 Å². The van der Waals surface area contributed by atoms with E-state index in [2.05, 4.69) is 10.5 Å². The van der Waals surface area contributed by atoms with Gasteiger partial charge in [-0.3, -0.25) is 0 Å². The van der Waals surface area contributed by atoms with Crippen LogP contribution < -0.4 is 5.32 Å². The van der Waals surface area contributed by atoms with E-state index in [1.807, 2.05) is 6.92 Å². The van der Waals surface area contributed by atoms with Crippen LogP contribution in [0.4, 0.5) is 0 Å². The van der Waals surface area contributed by atoms with E-state index < -0.39 is 0 Å². The first-order valence-electron chi connectivity index (χ1n) is 3.74. The summed E-state index contributed by atoms with van der Waals surface area (Å²) in [5.41, 5.74) is 0.876. The highest BCUT2D eigenvalue weighted by atomic mass is 35.5. The van der Waals surface area contributed by atoms with E-state index in [4.69, 9.17) is 5.21 Å². The molecule has 0 aromatic rings. The van der Waals surface area contributed by atoms with Crippen molar-refractivity contribution in [1.29, 1.82) is 0 Å². The highest BCUT2D eigenvalue weighted by molar-refractivity contribution is 5.85. The van der Waals surface area contributed by atoms with Gasteiger partial charge in [-0.2, -0.15) is 0 Å². The monoisotopic (exact) mass is 178 g/mol. The van der Waals surface area contributed by atoms with Crippen LogP contribution in [0.25, 0.3) is 0 Å². The topological polar surface area (TPSA) is 44.6 Å². The quantitative estimate of drug-likeness (QED) is 0.361. The van der Waals surface area contributed by atoms with Crippen molar-refractivity contribution in [3.63, 3.8) is 0 Å². The molecule has 1 heterocycles. The van der Waals surface area contributed by atoms with Crippen molar-refractivity contribution in [2.45, 2.75) is 19.8 Å². The first-order valence-corrected chi connectivity index (χ1v) is 3.74. The molecule has 0 radical (unpaired) electrons. The van der Waals surface area contributed by atoms with Gasteiger partial charge in [0.2, 0.25) is 0 Å². The largest absolute Gasteiger partial charge is 0.411 e. The van der Waals surface area contributed by atoms with Crippen LogP contribution in [0.15, 0.2) is 5.16 Å². The minimum Gasteiger partial charge on any atom is -0.411 e. The van der Waals surface area contributed by atoms with Gasteiger partial charge in [0, 0.05) is 5.92 Å². The minimum absolute atomic E-state index is 0. The summed E-state index contributed by atoms with van der Waals surface area (Å²) in [6.07, 6.45) is 2.21. The Kier molecular flexibility index (Phi) is 5.24. The van der Waals surface area contributed by atoms with Crippen LogP contribution in [0.3, 0.4) is 0 Å². The zero-order chi connectivity index (χ0) is 7.40. The average molecular weight is 179 g/mol. The summed E-state index contributed by atoms with van der Waals surface area (Å²) in [7, 11) is 0. The molecule has 3 nitrogen and oxygen atoms in total. The number of oxime groups is 1. The molecule has 66 valence electrons. The number of nitrogens with zero attached hydrogens (tertiary/aromatic N) is 1. The molecule has 4 heteroatoms. The summed E-state index contributed by atoms with van der Waals surface area (Å²) in [4.78, 5) is 0. The molecule has 0 spiro atoms. The minimum atomic E-state index is 0. The lowest BCUT2D eigenvalue weighted by Gasteiger charge is -2.21. The number of hydrogen-bond acceptors (Lipinski definition) is 3. The Morgan fingerprint density at radius 2 is 2.00 bits per heavy atom. The standard InChI is InChI=1S/C7H14N2O.ClH/c1-6(9-10)7-2-4-8-5-3-7;/h7-8,10H,2-5H2,1H3;1H. The molecular formula is C7H15ClN2O. The molecule has 0 aliphatic carbocycles. The van der Waals surface area contributed by atoms with E-state index in [0.717, 1.165) is 31.6 Å². The number of hydrogen-bond donors (Lipinski definition) is 2. The second-order valence-electron chi connectivity index (χ2n) is 2.77. The van der Waals surface area contributed by atoms with Crippen molar-refractivity contribution < 1.29 is 5.21 Å². The highest BCUT2D eigenvalue weighted by Gasteiger charge is 2.15. The van der Waals surface area contributed by atoms with Gasteiger partial charge in [0.05, 0.1) is 5.71 Å². The molecule has 0 saturated carbocycles. The smallest absolute Gasteiger partial charge is 0.0571 e. The van der Waals surface area contributed by atoms with Gasteiger partial charge >= 0.3 is 0 Å². The number of rotatable bonds is 1. The molecule has 0 aromatic heterocycles. The molecule has 2 N–H and O–H groups in total. The molecule has 0 amide bonds. The lowest BCUT2D eigenvalue weighted by Crippen LogP contribution is -2.30. The molecule has 0 aromatic carbocycles. The molecule has 1 saturated heterocycles. The Balaban J connectivity index is 0.000001000. The third-order valence-corrected chi connectivity index (χ3v) is 2.09. The first-order chi connectivity index (χ1) is 4.84. The van der Waals surface area contributed by atoms with Crippen molar-refractivity contribution >= 4 is 18.1 Å². The van der Waals surface area contributed by atoms with Crippen molar-refractivity contribution in [2.24, 2.45) is 11.1 Å². The van der Waals surface area contributed by atoms with Gasteiger partial charge < -0.3 is 10.5 Å². The lowest BCUT2D eigenvalue weighted by atomic mass is 9.94. The van der Waals surface area contributed by atoms with Gasteiger partial charge in [-0.25, -0.2) is 0 Å². The molecule has 0 atom stereocenters. The summed E-state index contributed by atoms with van der Waals surface area (Å²) in [5.74, 6) is 0.506. The molecule has 0 bridgehead atoms. The van der Waals surface area contributed by atoms with Gasteiger partial charge in [-0.1, -0.05) is 5.16 Å². The van der Waals surface area contributed by atoms with Crippen molar-refractivity contribution in [2.75, 3.05) is 13.1 Å². The predicted octanol–water partition coefficient (Wildman–Crippen LogP) is 1.26. The molecule has 1 aliphatic rings. The van der Waals surface area contributed by atoms with Crippen LogP contribution in [0.2, 0.25) is 0 Å². The van der Waals surface area contributed by atoms with Gasteiger partial charge in [0.1, 0.15) is 0 Å². The zero-order valence-corrected chi connectivity index (χ0v) is 7.52. The van der Waals surface area contributed by atoms with Crippen LogP contribution in [-0.4, -0.2) is 24.0 Å². The van der Waals surface area contributed by atoms with E-state index in [1.165, 1.54) is 0 Å². The number of halogens is 1. The molecule has 1 fully saturated rings. The number of nitrogens with one attached hydrogen (secondary N) is 1. The summed E-state index contributed by atoms with van der Waals surface area (Å²) < 4.78 is 0. The SMILES string of the molecule is CC(=NO)C1CCNCC1.Cl. The van der Waals surface area contributed by atoms with Crippen molar-refractivity contribution in [3.05, 3.63) is 0 Å². The normalized spacial score (nSPS) is 21.0. The molecule has 1 rings (SSSR count). The molecule has 11 heavy (non-hydrogen) atoms. The van der Waals surface area contributed by atoms with Crippen LogP contribution in [0, 0.1) is 5.92 Å². The Morgan fingerprint density at radius 3 is 2.45 bits per heavy atom. The summed E-state index contributed by atoms with van der Waals surface area (Å²) in [6.45, 7) is 3.99. The van der Waals surface area contributed by atoms with Crippen LogP contribution in [0.5, 0.6) is 0 Å².